The third-order valence-electron chi connectivity index (χ3n) is 3.57. The summed E-state index contributed by atoms with van der Waals surface area (Å²) in [5.74, 6) is 0.295. The normalized spacial score (nSPS) is 25.1. The molecule has 0 aromatic heterocycles. The maximum Gasteiger partial charge on any atom is 0.230 e. The van der Waals surface area contributed by atoms with E-state index in [1.54, 1.807) is 0 Å². The monoisotopic (exact) mass is 182 g/mol. The van der Waals surface area contributed by atoms with Gasteiger partial charge in [-0.25, -0.2) is 0 Å². The molecule has 13 heavy (non-hydrogen) atoms. The highest BCUT2D eigenvalue weighted by molar-refractivity contribution is 5.84. The van der Waals surface area contributed by atoms with Crippen molar-refractivity contribution in [1.29, 1.82) is 0 Å². The molecule has 0 aromatic carbocycles. The quantitative estimate of drug-likeness (QED) is 0.699. The van der Waals surface area contributed by atoms with Gasteiger partial charge in [0.25, 0.3) is 0 Å². The second-order valence-electron chi connectivity index (χ2n) is 4.49. The lowest BCUT2D eigenvalue weighted by Crippen LogP contribution is -2.51. The van der Waals surface area contributed by atoms with Crippen molar-refractivity contribution in [2.75, 3.05) is 13.6 Å². The van der Waals surface area contributed by atoms with E-state index in [1.165, 1.54) is 19.3 Å². The Morgan fingerprint density at radius 1 is 1.54 bits per heavy atom. The smallest absolute Gasteiger partial charge is 0.230 e. The first-order valence-corrected chi connectivity index (χ1v) is 5.17. The van der Waals surface area contributed by atoms with Crippen LogP contribution in [0.1, 0.15) is 32.1 Å². The molecule has 0 bridgehead atoms. The summed E-state index contributed by atoms with van der Waals surface area (Å²) in [7, 11) is 1.93. The Hall–Kier alpha value is -0.570. The van der Waals surface area contributed by atoms with E-state index >= 15 is 0 Å². The number of hydrogen-bond donors (Lipinski definition) is 1. The molecule has 0 heterocycles. The van der Waals surface area contributed by atoms with Crippen LogP contribution >= 0.6 is 0 Å². The zero-order valence-corrected chi connectivity index (χ0v) is 8.25. The van der Waals surface area contributed by atoms with Crippen LogP contribution in [0.15, 0.2) is 0 Å². The largest absolute Gasteiger partial charge is 0.342 e. The molecular formula is C10H18N2O. The van der Waals surface area contributed by atoms with Crippen molar-refractivity contribution in [3.8, 4) is 0 Å². The Morgan fingerprint density at radius 2 is 2.15 bits per heavy atom. The third kappa shape index (κ3) is 1.35. The lowest BCUT2D eigenvalue weighted by molar-refractivity contribution is -0.145. The van der Waals surface area contributed by atoms with E-state index in [0.717, 1.165) is 12.8 Å². The number of carbonyl (C=O) groups excluding carboxylic acids is 1. The fourth-order valence-corrected chi connectivity index (χ4v) is 2.11. The average molecular weight is 182 g/mol. The molecular weight excluding hydrogens is 164 g/mol. The predicted octanol–water partition coefficient (Wildman–Crippen LogP) is 0.736. The molecule has 1 amide bonds. The molecule has 2 rings (SSSR count). The minimum Gasteiger partial charge on any atom is -0.342 e. The van der Waals surface area contributed by atoms with E-state index in [4.69, 9.17) is 5.73 Å². The fourth-order valence-electron chi connectivity index (χ4n) is 2.11. The van der Waals surface area contributed by atoms with Gasteiger partial charge in [0, 0.05) is 19.6 Å². The summed E-state index contributed by atoms with van der Waals surface area (Å²) in [6, 6.07) is 0.525. The van der Waals surface area contributed by atoms with Gasteiger partial charge in [-0.1, -0.05) is 6.42 Å². The number of carbonyl (C=O) groups is 1. The van der Waals surface area contributed by atoms with Crippen LogP contribution in [0.4, 0.5) is 0 Å². The van der Waals surface area contributed by atoms with Crippen LogP contribution in [0.25, 0.3) is 0 Å². The van der Waals surface area contributed by atoms with Gasteiger partial charge in [-0.15, -0.1) is 0 Å². The van der Waals surface area contributed by atoms with Gasteiger partial charge in [-0.2, -0.15) is 0 Å². The van der Waals surface area contributed by atoms with Gasteiger partial charge in [-0.05, 0) is 25.7 Å². The molecule has 0 atom stereocenters. The third-order valence-corrected chi connectivity index (χ3v) is 3.57. The first-order chi connectivity index (χ1) is 6.19. The second kappa shape index (κ2) is 2.98. The SMILES string of the molecule is CN(C(=O)C1(CN)CCC1)C1CC1. The van der Waals surface area contributed by atoms with Gasteiger partial charge < -0.3 is 10.6 Å². The summed E-state index contributed by atoms with van der Waals surface area (Å²) >= 11 is 0. The Labute approximate surface area is 79.3 Å². The van der Waals surface area contributed by atoms with Crippen molar-refractivity contribution in [3.63, 3.8) is 0 Å². The lowest BCUT2D eigenvalue weighted by Gasteiger charge is -2.41. The van der Waals surface area contributed by atoms with Crippen LogP contribution < -0.4 is 5.73 Å². The van der Waals surface area contributed by atoms with Crippen LogP contribution in [-0.4, -0.2) is 30.4 Å². The summed E-state index contributed by atoms with van der Waals surface area (Å²) in [6.07, 6.45) is 5.53. The van der Waals surface area contributed by atoms with E-state index in [9.17, 15) is 4.79 Å². The molecule has 0 spiro atoms. The average Bonchev–Trinajstić information content (AvgIpc) is 2.84. The maximum absolute atomic E-state index is 12.0. The number of nitrogens with zero attached hydrogens (tertiary/aromatic N) is 1. The number of nitrogens with two attached hydrogens (primary N) is 1. The minimum absolute atomic E-state index is 0.169. The Morgan fingerprint density at radius 3 is 2.46 bits per heavy atom. The standard InChI is InChI=1S/C10H18N2O/c1-12(8-3-4-8)9(13)10(7-11)5-2-6-10/h8H,2-7,11H2,1H3. The van der Waals surface area contributed by atoms with Crippen LogP contribution in [0.3, 0.4) is 0 Å². The molecule has 3 nitrogen and oxygen atoms in total. The molecule has 74 valence electrons. The van der Waals surface area contributed by atoms with E-state index in [2.05, 4.69) is 0 Å². The number of amides is 1. The van der Waals surface area contributed by atoms with Gasteiger partial charge in [0.15, 0.2) is 0 Å². The maximum atomic E-state index is 12.0. The van der Waals surface area contributed by atoms with E-state index < -0.39 is 0 Å². The predicted molar refractivity (Wildman–Crippen MR) is 51.1 cm³/mol. The molecule has 0 saturated heterocycles. The second-order valence-corrected chi connectivity index (χ2v) is 4.49. The summed E-state index contributed by atoms with van der Waals surface area (Å²) < 4.78 is 0. The zero-order valence-electron chi connectivity index (χ0n) is 8.25. The number of rotatable bonds is 3. The molecule has 2 saturated carbocycles. The molecule has 0 radical (unpaired) electrons. The Balaban J connectivity index is 2.01. The van der Waals surface area contributed by atoms with Gasteiger partial charge in [0.2, 0.25) is 5.91 Å². The van der Waals surface area contributed by atoms with Gasteiger partial charge in [-0.3, -0.25) is 4.79 Å². The molecule has 0 aliphatic heterocycles. The Bertz CT molecular complexity index is 213. The zero-order chi connectivity index (χ0) is 9.47. The summed E-state index contributed by atoms with van der Waals surface area (Å²) in [4.78, 5) is 13.9. The first-order valence-electron chi connectivity index (χ1n) is 5.17. The summed E-state index contributed by atoms with van der Waals surface area (Å²) in [5, 5.41) is 0. The van der Waals surface area contributed by atoms with Crippen LogP contribution in [0, 0.1) is 5.41 Å². The minimum atomic E-state index is -0.169. The first kappa shape index (κ1) is 9.00. The van der Waals surface area contributed by atoms with Crippen molar-refractivity contribution in [3.05, 3.63) is 0 Å². The van der Waals surface area contributed by atoms with E-state index in [0.29, 0.717) is 18.5 Å². The molecule has 0 unspecified atom stereocenters. The van der Waals surface area contributed by atoms with Crippen LogP contribution in [-0.2, 0) is 4.79 Å². The molecule has 2 fully saturated rings. The Kier molecular flexibility index (Phi) is 2.06. The fraction of sp³-hybridized carbons (Fsp3) is 0.900. The molecule has 2 aliphatic carbocycles. The van der Waals surface area contributed by atoms with Crippen molar-refractivity contribution >= 4 is 5.91 Å². The molecule has 0 aromatic rings. The van der Waals surface area contributed by atoms with Crippen LogP contribution in [0.5, 0.6) is 0 Å². The van der Waals surface area contributed by atoms with Gasteiger partial charge in [0.05, 0.1) is 5.41 Å². The topological polar surface area (TPSA) is 46.3 Å². The summed E-state index contributed by atoms with van der Waals surface area (Å²) in [6.45, 7) is 0.531. The van der Waals surface area contributed by atoms with Crippen LogP contribution in [0.2, 0.25) is 0 Å². The van der Waals surface area contributed by atoms with E-state index in [-0.39, 0.29) is 5.41 Å². The highest BCUT2D eigenvalue weighted by Crippen LogP contribution is 2.43. The molecule has 2 aliphatic rings. The van der Waals surface area contributed by atoms with Crippen molar-refractivity contribution in [1.82, 2.24) is 4.90 Å². The van der Waals surface area contributed by atoms with Gasteiger partial charge >= 0.3 is 0 Å². The number of hydrogen-bond acceptors (Lipinski definition) is 2. The van der Waals surface area contributed by atoms with Gasteiger partial charge in [0.1, 0.15) is 0 Å². The molecule has 3 heteroatoms. The highest BCUT2D eigenvalue weighted by atomic mass is 16.2. The van der Waals surface area contributed by atoms with Crippen molar-refractivity contribution in [2.45, 2.75) is 38.1 Å². The summed E-state index contributed by atoms with van der Waals surface area (Å²) in [5.41, 5.74) is 5.51. The van der Waals surface area contributed by atoms with Crippen molar-refractivity contribution < 1.29 is 4.79 Å². The van der Waals surface area contributed by atoms with Crippen molar-refractivity contribution in [2.24, 2.45) is 11.1 Å². The highest BCUT2D eigenvalue weighted by Gasteiger charge is 2.46. The molecule has 2 N–H and O–H groups in total. The lowest BCUT2D eigenvalue weighted by atomic mass is 9.68. The van der Waals surface area contributed by atoms with E-state index in [1.807, 2.05) is 11.9 Å².